The van der Waals surface area contributed by atoms with E-state index in [4.69, 9.17) is 0 Å². The summed E-state index contributed by atoms with van der Waals surface area (Å²) < 4.78 is 1.09. The monoisotopic (exact) mass is 528 g/mol. The first-order chi connectivity index (χ1) is 17.0. The van der Waals surface area contributed by atoms with Gasteiger partial charge in [0.25, 0.3) is 0 Å². The van der Waals surface area contributed by atoms with Crippen LogP contribution in [0.2, 0.25) is 0 Å². The fourth-order valence-electron chi connectivity index (χ4n) is 5.96. The van der Waals surface area contributed by atoms with E-state index in [2.05, 4.69) is 125 Å². The molecule has 4 aromatic rings. The van der Waals surface area contributed by atoms with Gasteiger partial charge in [-0.2, -0.15) is 0 Å². The predicted molar refractivity (Wildman–Crippen MR) is 146 cm³/mol. The van der Waals surface area contributed by atoms with E-state index >= 15 is 0 Å². The Bertz CT molecular complexity index is 1360. The van der Waals surface area contributed by atoms with Crippen molar-refractivity contribution in [2.75, 3.05) is 0 Å². The summed E-state index contributed by atoms with van der Waals surface area (Å²) in [7, 11) is 0. The molecule has 4 aromatic carbocycles. The van der Waals surface area contributed by atoms with Crippen molar-refractivity contribution in [2.45, 2.75) is 34.9 Å². The summed E-state index contributed by atoms with van der Waals surface area (Å²) in [5.41, 5.74) is 17.2. The molecule has 0 spiro atoms. The minimum absolute atomic E-state index is 0.543. The van der Waals surface area contributed by atoms with Crippen molar-refractivity contribution in [3.63, 3.8) is 0 Å². The average Bonchev–Trinajstić information content (AvgIpc) is 3.37. The molecule has 0 saturated heterocycles. The second-order valence-corrected chi connectivity index (χ2v) is 13.9. The Morgan fingerprint density at radius 1 is 0.486 bits per heavy atom. The van der Waals surface area contributed by atoms with Crippen LogP contribution in [0.1, 0.15) is 62.9 Å². The van der Waals surface area contributed by atoms with Crippen LogP contribution in [0.3, 0.4) is 0 Å². The molecule has 0 amide bonds. The van der Waals surface area contributed by atoms with Crippen LogP contribution < -0.4 is 0 Å². The quantitative estimate of drug-likeness (QED) is 0.248. The van der Waals surface area contributed by atoms with E-state index in [9.17, 15) is 0 Å². The van der Waals surface area contributed by atoms with Crippen molar-refractivity contribution in [2.24, 2.45) is 0 Å². The fourth-order valence-corrected chi connectivity index (χ4v) is 11.1. The van der Waals surface area contributed by atoms with E-state index in [1.54, 1.807) is 0 Å². The molecule has 170 valence electrons. The van der Waals surface area contributed by atoms with Gasteiger partial charge in [0.2, 0.25) is 0 Å². The summed E-state index contributed by atoms with van der Waals surface area (Å²) in [5.74, 6) is 0. The molecule has 0 nitrogen and oxygen atoms in total. The molecule has 0 heterocycles. The minimum atomic E-state index is -1.00. The summed E-state index contributed by atoms with van der Waals surface area (Å²) >= 11 is -1.00. The zero-order valence-electron chi connectivity index (χ0n) is 20.9. The topological polar surface area (TPSA) is 0 Å². The molecule has 0 aliphatic heterocycles. The molecule has 35 heavy (non-hydrogen) atoms. The van der Waals surface area contributed by atoms with Crippen LogP contribution >= 0.6 is 0 Å². The van der Waals surface area contributed by atoms with Crippen LogP contribution in [0.25, 0.3) is 23.3 Å². The third kappa shape index (κ3) is 4.25. The third-order valence-electron chi connectivity index (χ3n) is 7.30. The Balaban J connectivity index is 1.47. The third-order valence-corrected chi connectivity index (χ3v) is 12.0. The maximum absolute atomic E-state index is 2.48. The van der Waals surface area contributed by atoms with E-state index in [0.29, 0.717) is 7.25 Å². The number of hydrogen-bond donors (Lipinski definition) is 0. The van der Waals surface area contributed by atoms with Crippen molar-refractivity contribution >= 4 is 23.3 Å². The molecule has 2 aliphatic carbocycles. The Kier molecular flexibility index (Phi) is 5.86. The molecule has 2 aliphatic rings. The number of rotatable bonds is 4. The summed E-state index contributed by atoms with van der Waals surface area (Å²) in [6, 6.07) is 32.3. The Morgan fingerprint density at radius 3 is 1.26 bits per heavy atom. The summed E-state index contributed by atoms with van der Waals surface area (Å²) in [6.45, 7) is 8.90. The molecule has 0 radical (unpaired) electrons. The van der Waals surface area contributed by atoms with Gasteiger partial charge < -0.3 is 0 Å². The van der Waals surface area contributed by atoms with Gasteiger partial charge >= 0.3 is 222 Å². The summed E-state index contributed by atoms with van der Waals surface area (Å²) in [4.78, 5) is 0. The van der Waals surface area contributed by atoms with Gasteiger partial charge in [0.1, 0.15) is 0 Å². The van der Waals surface area contributed by atoms with Crippen molar-refractivity contribution in [3.8, 4) is 0 Å². The van der Waals surface area contributed by atoms with Crippen LogP contribution in [0, 0.1) is 27.7 Å². The molecule has 0 N–H and O–H groups in total. The second kappa shape index (κ2) is 9.03. The SMILES string of the molecule is Cc1cc(C)cc(C2=Cc3ccccc3[CH]2[Zr][CH]2C(c3cc(C)cc(C)c3)=Cc3ccccc32)c1. The van der Waals surface area contributed by atoms with Crippen molar-refractivity contribution in [3.05, 3.63) is 141 Å². The molecule has 0 bridgehead atoms. The molecule has 1 heteroatoms. The standard InChI is InChI=1S/2C17H15.Zr/c2*1-12-7-13(2)9-16(8-12)17-10-14-5-3-4-6-15(14)11-17;/h2*3-11H,1-2H3;. The van der Waals surface area contributed by atoms with Gasteiger partial charge in [-0.3, -0.25) is 0 Å². The number of allylic oxidation sites excluding steroid dienone is 2. The first-order valence-corrected chi connectivity index (χ1v) is 15.3. The van der Waals surface area contributed by atoms with Crippen LogP contribution in [0.4, 0.5) is 0 Å². The van der Waals surface area contributed by atoms with Gasteiger partial charge in [-0.05, 0) is 0 Å². The number of fused-ring (bicyclic) bond motifs is 2. The predicted octanol–water partition coefficient (Wildman–Crippen LogP) is 8.89. The normalized spacial score (nSPS) is 18.1. The molecule has 0 aromatic heterocycles. The Hall–Kier alpha value is -2.76. The molecule has 0 saturated carbocycles. The summed E-state index contributed by atoms with van der Waals surface area (Å²) in [5, 5.41) is 0. The number of benzene rings is 4. The van der Waals surface area contributed by atoms with Crippen LogP contribution in [-0.2, 0) is 23.2 Å². The van der Waals surface area contributed by atoms with E-state index in [1.807, 2.05) is 0 Å². The molecule has 6 rings (SSSR count). The number of aryl methyl sites for hydroxylation is 4. The maximum atomic E-state index is 2.48. The van der Waals surface area contributed by atoms with E-state index in [1.165, 1.54) is 66.8 Å². The van der Waals surface area contributed by atoms with Gasteiger partial charge in [-0.1, -0.05) is 0 Å². The Morgan fingerprint density at radius 2 is 0.857 bits per heavy atom. The molecule has 0 fully saturated rings. The van der Waals surface area contributed by atoms with Gasteiger partial charge in [0.05, 0.1) is 0 Å². The fraction of sp³-hybridized carbons (Fsp3) is 0.176. The van der Waals surface area contributed by atoms with E-state index < -0.39 is 23.2 Å². The first kappa shape index (κ1) is 22.7. The van der Waals surface area contributed by atoms with Crippen molar-refractivity contribution in [1.82, 2.24) is 0 Å². The zero-order chi connectivity index (χ0) is 24.1. The van der Waals surface area contributed by atoms with E-state index in [-0.39, 0.29) is 0 Å². The van der Waals surface area contributed by atoms with Crippen LogP contribution in [0.5, 0.6) is 0 Å². The zero-order valence-corrected chi connectivity index (χ0v) is 23.4. The molecule has 2 atom stereocenters. The van der Waals surface area contributed by atoms with Crippen LogP contribution in [0.15, 0.2) is 84.9 Å². The van der Waals surface area contributed by atoms with Crippen LogP contribution in [-0.4, -0.2) is 0 Å². The first-order valence-electron chi connectivity index (χ1n) is 12.5. The van der Waals surface area contributed by atoms with Gasteiger partial charge in [-0.15, -0.1) is 0 Å². The Labute approximate surface area is 221 Å². The summed E-state index contributed by atoms with van der Waals surface area (Å²) in [6.07, 6.45) is 4.96. The molecular formula is C34H30Zr. The van der Waals surface area contributed by atoms with Crippen molar-refractivity contribution in [1.29, 1.82) is 0 Å². The van der Waals surface area contributed by atoms with Gasteiger partial charge in [-0.25, -0.2) is 0 Å². The van der Waals surface area contributed by atoms with Gasteiger partial charge in [0, 0.05) is 0 Å². The molecule has 2 unspecified atom stereocenters. The second-order valence-electron chi connectivity index (χ2n) is 10.2. The number of hydrogen-bond acceptors (Lipinski definition) is 0. The van der Waals surface area contributed by atoms with E-state index in [0.717, 1.165) is 0 Å². The average molecular weight is 530 g/mol. The van der Waals surface area contributed by atoms with Gasteiger partial charge in [0.15, 0.2) is 0 Å². The molecular weight excluding hydrogens is 500 g/mol. The van der Waals surface area contributed by atoms with Crippen molar-refractivity contribution < 1.29 is 23.2 Å².